The normalized spacial score (nSPS) is 15.2. The molecule has 2 rings (SSSR count). The average Bonchev–Trinajstić information content (AvgIpc) is 2.80. The minimum Gasteiger partial charge on any atom is -0.299 e. The van der Waals surface area contributed by atoms with Crippen LogP contribution in [0.3, 0.4) is 0 Å². The zero-order chi connectivity index (χ0) is 10.5. The maximum absolute atomic E-state index is 10.6. The van der Waals surface area contributed by atoms with Crippen molar-refractivity contribution in [2.45, 2.75) is 6.42 Å². The third-order valence-electron chi connectivity index (χ3n) is 2.44. The molecule has 0 amide bonds. The topological polar surface area (TPSA) is 17.1 Å². The standard InChI is InChI=1S/C14H12O/c15-11-10-14(13-8-4-5-9-13)12-6-2-1-3-7-12/h1-8,10-11H,9H2/b14-10-. The summed E-state index contributed by atoms with van der Waals surface area (Å²) in [6, 6.07) is 9.99. The number of rotatable bonds is 3. The summed E-state index contributed by atoms with van der Waals surface area (Å²) in [5.74, 6) is 0. The van der Waals surface area contributed by atoms with Gasteiger partial charge < -0.3 is 0 Å². The van der Waals surface area contributed by atoms with Gasteiger partial charge in [-0.25, -0.2) is 0 Å². The Morgan fingerprint density at radius 2 is 2.00 bits per heavy atom. The zero-order valence-electron chi connectivity index (χ0n) is 8.39. The molecule has 1 nitrogen and oxygen atoms in total. The summed E-state index contributed by atoms with van der Waals surface area (Å²) < 4.78 is 0. The van der Waals surface area contributed by atoms with Crippen LogP contribution in [0.5, 0.6) is 0 Å². The van der Waals surface area contributed by atoms with Crippen molar-refractivity contribution in [2.24, 2.45) is 0 Å². The van der Waals surface area contributed by atoms with Crippen LogP contribution in [-0.2, 0) is 4.79 Å². The lowest BCUT2D eigenvalue weighted by molar-refractivity contribution is -0.104. The molecule has 1 aromatic carbocycles. The highest BCUT2D eigenvalue weighted by molar-refractivity contribution is 5.89. The van der Waals surface area contributed by atoms with Gasteiger partial charge in [0.1, 0.15) is 6.29 Å². The quantitative estimate of drug-likeness (QED) is 0.536. The second-order valence-electron chi connectivity index (χ2n) is 3.41. The third-order valence-corrected chi connectivity index (χ3v) is 2.44. The highest BCUT2D eigenvalue weighted by atomic mass is 16.1. The lowest BCUT2D eigenvalue weighted by Crippen LogP contribution is -1.88. The Morgan fingerprint density at radius 3 is 2.60 bits per heavy atom. The molecule has 0 unspecified atom stereocenters. The fourth-order valence-corrected chi connectivity index (χ4v) is 1.72. The fraction of sp³-hybridized carbons (Fsp3) is 0.0714. The molecule has 15 heavy (non-hydrogen) atoms. The minimum atomic E-state index is 0.849. The van der Waals surface area contributed by atoms with Crippen molar-refractivity contribution in [1.29, 1.82) is 0 Å². The first kappa shape index (κ1) is 9.66. The van der Waals surface area contributed by atoms with E-state index in [1.165, 1.54) is 5.57 Å². The van der Waals surface area contributed by atoms with E-state index in [1.54, 1.807) is 6.08 Å². The highest BCUT2D eigenvalue weighted by Gasteiger charge is 2.07. The van der Waals surface area contributed by atoms with Crippen molar-refractivity contribution in [3.63, 3.8) is 0 Å². The largest absolute Gasteiger partial charge is 0.299 e. The molecule has 1 aromatic rings. The molecule has 74 valence electrons. The van der Waals surface area contributed by atoms with Crippen LogP contribution in [0.1, 0.15) is 12.0 Å². The Morgan fingerprint density at radius 1 is 1.20 bits per heavy atom. The molecule has 1 aliphatic rings. The molecule has 0 saturated heterocycles. The van der Waals surface area contributed by atoms with E-state index in [2.05, 4.69) is 12.2 Å². The Kier molecular flexibility index (Phi) is 2.93. The molecule has 0 aliphatic heterocycles. The molecular formula is C14H12O. The monoisotopic (exact) mass is 196 g/mol. The number of carbonyl (C=O) groups is 1. The molecule has 0 fully saturated rings. The molecule has 0 N–H and O–H groups in total. The van der Waals surface area contributed by atoms with E-state index in [1.807, 2.05) is 36.4 Å². The molecule has 0 bridgehead atoms. The van der Waals surface area contributed by atoms with Gasteiger partial charge in [0.05, 0.1) is 0 Å². The van der Waals surface area contributed by atoms with E-state index in [9.17, 15) is 4.79 Å². The summed E-state index contributed by atoms with van der Waals surface area (Å²) in [4.78, 5) is 10.6. The molecule has 0 saturated carbocycles. The maximum Gasteiger partial charge on any atom is 0.143 e. The zero-order valence-corrected chi connectivity index (χ0v) is 8.39. The van der Waals surface area contributed by atoms with Crippen molar-refractivity contribution >= 4 is 11.9 Å². The summed E-state index contributed by atoms with van der Waals surface area (Å²) in [6.45, 7) is 0. The predicted molar refractivity (Wildman–Crippen MR) is 62.3 cm³/mol. The van der Waals surface area contributed by atoms with Crippen LogP contribution in [0.25, 0.3) is 5.57 Å². The predicted octanol–water partition coefficient (Wildman–Crippen LogP) is 3.16. The fourth-order valence-electron chi connectivity index (χ4n) is 1.72. The van der Waals surface area contributed by atoms with Gasteiger partial charge in [0.15, 0.2) is 0 Å². The van der Waals surface area contributed by atoms with Crippen LogP contribution in [0, 0.1) is 0 Å². The summed E-state index contributed by atoms with van der Waals surface area (Å²) >= 11 is 0. The number of hydrogen-bond donors (Lipinski definition) is 0. The summed E-state index contributed by atoms with van der Waals surface area (Å²) in [7, 11) is 0. The molecular weight excluding hydrogens is 184 g/mol. The van der Waals surface area contributed by atoms with Gasteiger partial charge in [-0.05, 0) is 29.2 Å². The maximum atomic E-state index is 10.6. The third kappa shape index (κ3) is 2.13. The lowest BCUT2D eigenvalue weighted by atomic mass is 9.97. The van der Waals surface area contributed by atoms with Crippen LogP contribution >= 0.6 is 0 Å². The van der Waals surface area contributed by atoms with E-state index in [0.29, 0.717) is 0 Å². The molecule has 0 spiro atoms. The van der Waals surface area contributed by atoms with Gasteiger partial charge in [-0.2, -0.15) is 0 Å². The second kappa shape index (κ2) is 4.56. The van der Waals surface area contributed by atoms with Crippen molar-refractivity contribution in [1.82, 2.24) is 0 Å². The molecule has 0 heterocycles. The Balaban J connectivity index is 2.37. The molecule has 0 radical (unpaired) electrons. The van der Waals surface area contributed by atoms with Crippen LogP contribution in [0.4, 0.5) is 0 Å². The van der Waals surface area contributed by atoms with Crippen molar-refractivity contribution in [3.05, 3.63) is 65.8 Å². The van der Waals surface area contributed by atoms with Crippen molar-refractivity contribution in [3.8, 4) is 0 Å². The summed E-state index contributed by atoms with van der Waals surface area (Å²) in [6.07, 6.45) is 9.57. The van der Waals surface area contributed by atoms with Crippen LogP contribution in [-0.4, -0.2) is 6.29 Å². The van der Waals surface area contributed by atoms with Crippen LogP contribution in [0.15, 0.2) is 60.2 Å². The first-order valence-corrected chi connectivity index (χ1v) is 4.99. The van der Waals surface area contributed by atoms with E-state index in [0.717, 1.165) is 23.8 Å². The van der Waals surface area contributed by atoms with Gasteiger partial charge >= 0.3 is 0 Å². The lowest BCUT2D eigenvalue weighted by Gasteiger charge is -2.07. The van der Waals surface area contributed by atoms with Crippen molar-refractivity contribution in [2.75, 3.05) is 0 Å². The number of allylic oxidation sites excluding steroid dienone is 6. The van der Waals surface area contributed by atoms with Crippen LogP contribution in [0.2, 0.25) is 0 Å². The number of benzene rings is 1. The molecule has 0 aromatic heterocycles. The Hall–Kier alpha value is -1.89. The molecule has 0 atom stereocenters. The van der Waals surface area contributed by atoms with Crippen LogP contribution < -0.4 is 0 Å². The van der Waals surface area contributed by atoms with E-state index in [-0.39, 0.29) is 0 Å². The first-order chi connectivity index (χ1) is 7.42. The first-order valence-electron chi connectivity index (χ1n) is 4.99. The van der Waals surface area contributed by atoms with E-state index in [4.69, 9.17) is 0 Å². The number of aldehydes is 1. The smallest absolute Gasteiger partial charge is 0.143 e. The number of carbonyl (C=O) groups excluding carboxylic acids is 1. The van der Waals surface area contributed by atoms with Gasteiger partial charge in [0.2, 0.25) is 0 Å². The van der Waals surface area contributed by atoms with E-state index < -0.39 is 0 Å². The van der Waals surface area contributed by atoms with E-state index >= 15 is 0 Å². The van der Waals surface area contributed by atoms with Gasteiger partial charge in [-0.15, -0.1) is 0 Å². The van der Waals surface area contributed by atoms with Gasteiger partial charge in [-0.3, -0.25) is 4.79 Å². The summed E-state index contributed by atoms with van der Waals surface area (Å²) in [5, 5.41) is 0. The Bertz CT molecular complexity index is 436. The van der Waals surface area contributed by atoms with Gasteiger partial charge in [0.25, 0.3) is 0 Å². The minimum absolute atomic E-state index is 0.849. The average molecular weight is 196 g/mol. The Labute approximate surface area is 89.4 Å². The molecule has 1 heteroatoms. The summed E-state index contributed by atoms with van der Waals surface area (Å²) in [5.41, 5.74) is 3.32. The highest BCUT2D eigenvalue weighted by Crippen LogP contribution is 2.27. The SMILES string of the molecule is O=C/C=C(\C1=CC=CC1)c1ccccc1. The van der Waals surface area contributed by atoms with Crippen molar-refractivity contribution < 1.29 is 4.79 Å². The number of hydrogen-bond acceptors (Lipinski definition) is 1. The molecule has 1 aliphatic carbocycles. The van der Waals surface area contributed by atoms with Gasteiger partial charge in [-0.1, -0.05) is 48.6 Å². The second-order valence-corrected chi connectivity index (χ2v) is 3.41. The van der Waals surface area contributed by atoms with Gasteiger partial charge in [0, 0.05) is 0 Å².